The van der Waals surface area contributed by atoms with Crippen LogP contribution >= 0.6 is 0 Å². The smallest absolute Gasteiger partial charge is 0.333 e. The van der Waals surface area contributed by atoms with Crippen molar-refractivity contribution in [2.45, 2.75) is 26.8 Å². The molecule has 7 heteroatoms. The van der Waals surface area contributed by atoms with Gasteiger partial charge in [0.05, 0.1) is 27.9 Å². The van der Waals surface area contributed by atoms with Gasteiger partial charge in [-0.25, -0.2) is 4.79 Å². The van der Waals surface area contributed by atoms with Gasteiger partial charge in [-0.05, 0) is 25.5 Å². The molecule has 1 N–H and O–H groups in total. The first-order valence-electron chi connectivity index (χ1n) is 7.14. The molecule has 1 rings (SSSR count). The van der Waals surface area contributed by atoms with Gasteiger partial charge in [-0.2, -0.15) is 0 Å². The van der Waals surface area contributed by atoms with Gasteiger partial charge in [-0.3, -0.25) is 4.79 Å². The molecule has 0 unspecified atom stereocenters. The molecule has 0 aliphatic carbocycles. The van der Waals surface area contributed by atoms with Gasteiger partial charge in [-0.1, -0.05) is 0 Å². The van der Waals surface area contributed by atoms with Crippen LogP contribution in [0.1, 0.15) is 31.0 Å². The fourth-order valence-electron chi connectivity index (χ4n) is 2.34. The first-order chi connectivity index (χ1) is 10.9. The van der Waals surface area contributed by atoms with Crippen LogP contribution in [0.25, 0.3) is 0 Å². The van der Waals surface area contributed by atoms with Crippen molar-refractivity contribution in [1.29, 1.82) is 0 Å². The van der Waals surface area contributed by atoms with Crippen LogP contribution in [0.3, 0.4) is 0 Å². The fourth-order valence-corrected chi connectivity index (χ4v) is 2.34. The molecule has 0 saturated heterocycles. The molecule has 0 saturated carbocycles. The lowest BCUT2D eigenvalue weighted by Crippen LogP contribution is -2.34. The van der Waals surface area contributed by atoms with E-state index in [2.05, 4.69) is 5.32 Å². The number of ether oxygens (including phenoxy) is 4. The van der Waals surface area contributed by atoms with Crippen molar-refractivity contribution in [1.82, 2.24) is 5.32 Å². The SMILES string of the molecule is CCOC(=O)[C@H](NC(C)=O)c1c(C)cc(OC)c(OC)c1OC. The highest BCUT2D eigenvalue weighted by molar-refractivity contribution is 5.86. The molecule has 7 nitrogen and oxygen atoms in total. The zero-order valence-corrected chi connectivity index (χ0v) is 14.3. The maximum absolute atomic E-state index is 12.3. The van der Waals surface area contributed by atoms with Gasteiger partial charge in [0.1, 0.15) is 0 Å². The minimum atomic E-state index is -0.998. The number of carbonyl (C=O) groups is 2. The van der Waals surface area contributed by atoms with Crippen LogP contribution in [0.4, 0.5) is 0 Å². The predicted octanol–water partition coefficient (Wildman–Crippen LogP) is 1.76. The molecule has 1 atom stereocenters. The quantitative estimate of drug-likeness (QED) is 0.769. The number of rotatable bonds is 7. The average molecular weight is 325 g/mol. The summed E-state index contributed by atoms with van der Waals surface area (Å²) in [6.45, 7) is 5.01. The van der Waals surface area contributed by atoms with Gasteiger partial charge in [0.15, 0.2) is 17.5 Å². The van der Waals surface area contributed by atoms with Crippen molar-refractivity contribution in [3.63, 3.8) is 0 Å². The minimum Gasteiger partial charge on any atom is -0.493 e. The minimum absolute atomic E-state index is 0.198. The molecule has 0 bridgehead atoms. The van der Waals surface area contributed by atoms with E-state index in [9.17, 15) is 9.59 Å². The summed E-state index contributed by atoms with van der Waals surface area (Å²) < 4.78 is 21.1. The van der Waals surface area contributed by atoms with Crippen LogP contribution in [0.15, 0.2) is 6.07 Å². The van der Waals surface area contributed by atoms with E-state index in [1.165, 1.54) is 28.3 Å². The van der Waals surface area contributed by atoms with Gasteiger partial charge in [0, 0.05) is 12.5 Å². The highest BCUT2D eigenvalue weighted by Crippen LogP contribution is 2.44. The Balaban J connectivity index is 3.56. The molecule has 1 aromatic carbocycles. The summed E-state index contributed by atoms with van der Waals surface area (Å²) >= 11 is 0. The highest BCUT2D eigenvalue weighted by atomic mass is 16.5. The second kappa shape index (κ2) is 8.26. The molecular formula is C16H23NO6. The van der Waals surface area contributed by atoms with Crippen molar-refractivity contribution in [2.24, 2.45) is 0 Å². The zero-order chi connectivity index (χ0) is 17.6. The van der Waals surface area contributed by atoms with E-state index in [0.717, 1.165) is 0 Å². The van der Waals surface area contributed by atoms with E-state index in [0.29, 0.717) is 28.4 Å². The lowest BCUT2D eigenvalue weighted by molar-refractivity contribution is -0.147. The van der Waals surface area contributed by atoms with E-state index >= 15 is 0 Å². The number of amides is 1. The summed E-state index contributed by atoms with van der Waals surface area (Å²) in [7, 11) is 4.43. The van der Waals surface area contributed by atoms with Gasteiger partial charge in [0.25, 0.3) is 0 Å². The van der Waals surface area contributed by atoms with Crippen molar-refractivity contribution < 1.29 is 28.5 Å². The number of hydrogen-bond acceptors (Lipinski definition) is 6. The van der Waals surface area contributed by atoms with E-state index in [1.54, 1.807) is 19.9 Å². The second-order valence-electron chi connectivity index (χ2n) is 4.76. The predicted molar refractivity (Wildman–Crippen MR) is 84.0 cm³/mol. The summed E-state index contributed by atoms with van der Waals surface area (Å²) in [5.74, 6) is 0.193. The fraction of sp³-hybridized carbons (Fsp3) is 0.500. The van der Waals surface area contributed by atoms with Crippen molar-refractivity contribution in [3.8, 4) is 17.2 Å². The maximum atomic E-state index is 12.3. The Morgan fingerprint density at radius 1 is 1.13 bits per heavy atom. The van der Waals surface area contributed by atoms with Crippen LogP contribution in [-0.4, -0.2) is 39.8 Å². The van der Waals surface area contributed by atoms with Crippen molar-refractivity contribution >= 4 is 11.9 Å². The molecule has 0 aliphatic rings. The molecule has 0 heterocycles. The van der Waals surface area contributed by atoms with Gasteiger partial charge < -0.3 is 24.3 Å². The molecule has 0 spiro atoms. The van der Waals surface area contributed by atoms with Gasteiger partial charge >= 0.3 is 5.97 Å². The largest absolute Gasteiger partial charge is 0.493 e. The summed E-state index contributed by atoms with van der Waals surface area (Å²) in [6.07, 6.45) is 0. The van der Waals surface area contributed by atoms with Crippen LogP contribution in [0.2, 0.25) is 0 Å². The normalized spacial score (nSPS) is 11.4. The van der Waals surface area contributed by atoms with E-state index < -0.39 is 12.0 Å². The number of benzene rings is 1. The molecule has 128 valence electrons. The maximum Gasteiger partial charge on any atom is 0.333 e. The van der Waals surface area contributed by atoms with E-state index in [4.69, 9.17) is 18.9 Å². The Labute approximate surface area is 135 Å². The van der Waals surface area contributed by atoms with E-state index in [1.807, 2.05) is 0 Å². The van der Waals surface area contributed by atoms with Gasteiger partial charge in [-0.15, -0.1) is 0 Å². The Morgan fingerprint density at radius 2 is 1.74 bits per heavy atom. The highest BCUT2D eigenvalue weighted by Gasteiger charge is 2.31. The van der Waals surface area contributed by atoms with Crippen LogP contribution < -0.4 is 19.5 Å². The number of methoxy groups -OCH3 is 3. The summed E-state index contributed by atoms with van der Waals surface area (Å²) in [6, 6.07) is 0.715. The third kappa shape index (κ3) is 4.06. The molecule has 1 aromatic rings. The Bertz CT molecular complexity index is 584. The topological polar surface area (TPSA) is 83.1 Å². The van der Waals surface area contributed by atoms with Crippen LogP contribution in [-0.2, 0) is 14.3 Å². The molecule has 23 heavy (non-hydrogen) atoms. The lowest BCUT2D eigenvalue weighted by atomic mass is 9.98. The standard InChI is InChI=1S/C16H23NO6/c1-7-23-16(19)13(17-10(3)18)12-9(2)8-11(20-4)14(21-5)15(12)22-6/h8,13H,7H2,1-6H3,(H,17,18)/t13-/m1/s1. The zero-order valence-electron chi connectivity index (χ0n) is 14.3. The Hall–Kier alpha value is -2.44. The molecule has 0 fully saturated rings. The Morgan fingerprint density at radius 3 is 2.17 bits per heavy atom. The number of esters is 1. The van der Waals surface area contributed by atoms with Crippen molar-refractivity contribution in [3.05, 3.63) is 17.2 Å². The Kier molecular flexibility index (Phi) is 6.68. The number of nitrogens with one attached hydrogen (secondary N) is 1. The van der Waals surface area contributed by atoms with Crippen LogP contribution in [0, 0.1) is 6.92 Å². The first-order valence-corrected chi connectivity index (χ1v) is 7.14. The van der Waals surface area contributed by atoms with E-state index in [-0.39, 0.29) is 12.5 Å². The average Bonchev–Trinajstić information content (AvgIpc) is 2.51. The molecule has 0 aliphatic heterocycles. The van der Waals surface area contributed by atoms with Crippen LogP contribution in [0.5, 0.6) is 17.2 Å². The van der Waals surface area contributed by atoms with Gasteiger partial charge in [0.2, 0.25) is 11.7 Å². The summed E-state index contributed by atoms with van der Waals surface area (Å²) in [5, 5.41) is 2.60. The summed E-state index contributed by atoms with van der Waals surface area (Å²) in [4.78, 5) is 23.8. The monoisotopic (exact) mass is 325 g/mol. The first kappa shape index (κ1) is 18.6. The number of carbonyl (C=O) groups excluding carboxylic acids is 2. The number of hydrogen-bond donors (Lipinski definition) is 1. The molecule has 0 aromatic heterocycles. The third-order valence-electron chi connectivity index (χ3n) is 3.23. The third-order valence-corrected chi connectivity index (χ3v) is 3.23. The second-order valence-corrected chi connectivity index (χ2v) is 4.76. The molecule has 1 amide bonds. The molecular weight excluding hydrogens is 302 g/mol. The number of aryl methyl sites for hydroxylation is 1. The molecule has 0 radical (unpaired) electrons. The van der Waals surface area contributed by atoms with Crippen molar-refractivity contribution in [2.75, 3.05) is 27.9 Å². The summed E-state index contributed by atoms with van der Waals surface area (Å²) in [5.41, 5.74) is 1.17. The lowest BCUT2D eigenvalue weighted by Gasteiger charge is -2.23.